The number of hydrogen-bond donors (Lipinski definition) is 0. The highest BCUT2D eigenvalue weighted by Gasteiger charge is 2.36. The monoisotopic (exact) mass is 406 g/mol. The lowest BCUT2D eigenvalue weighted by Crippen LogP contribution is -2.49. The van der Waals surface area contributed by atoms with Crippen molar-refractivity contribution in [2.75, 3.05) is 31.1 Å². The molecular formula is C15H14ClF3N4O2S. The molecule has 0 spiro atoms. The number of rotatable bonds is 3. The third kappa shape index (κ3) is 3.76. The first kappa shape index (κ1) is 18.9. The molecule has 0 radical (unpaired) electrons. The molecule has 0 amide bonds. The zero-order valence-electron chi connectivity index (χ0n) is 13.3. The molecule has 1 fully saturated rings. The van der Waals surface area contributed by atoms with Crippen molar-refractivity contribution in [1.29, 1.82) is 0 Å². The van der Waals surface area contributed by atoms with Gasteiger partial charge in [-0.15, -0.1) is 0 Å². The number of benzene rings is 1. The average molecular weight is 407 g/mol. The standard InChI is InChI=1S/C15H14ClF3N4O2S/c16-13-3-2-11(10-12(13)15(17,18)19)26(24,25)23-8-6-22(7-9-23)14-20-4-1-5-21-14/h1-5,10H,6-9H2. The molecule has 1 saturated heterocycles. The van der Waals surface area contributed by atoms with E-state index >= 15 is 0 Å². The largest absolute Gasteiger partial charge is 0.417 e. The van der Waals surface area contributed by atoms with Gasteiger partial charge in [-0.25, -0.2) is 18.4 Å². The van der Waals surface area contributed by atoms with Gasteiger partial charge in [0.05, 0.1) is 15.5 Å². The summed E-state index contributed by atoms with van der Waals surface area (Å²) in [6.07, 6.45) is -1.57. The van der Waals surface area contributed by atoms with Gasteiger partial charge in [-0.2, -0.15) is 17.5 Å². The second-order valence-electron chi connectivity index (χ2n) is 5.58. The Bertz CT molecular complexity index is 886. The maximum absolute atomic E-state index is 13.0. The number of piperazine rings is 1. The number of alkyl halides is 3. The molecule has 1 aromatic heterocycles. The van der Waals surface area contributed by atoms with Gasteiger partial charge in [0, 0.05) is 38.6 Å². The van der Waals surface area contributed by atoms with Crippen LogP contribution in [0.1, 0.15) is 5.56 Å². The maximum Gasteiger partial charge on any atom is 0.417 e. The van der Waals surface area contributed by atoms with Crippen molar-refractivity contribution in [2.24, 2.45) is 0 Å². The van der Waals surface area contributed by atoms with E-state index < -0.39 is 31.7 Å². The van der Waals surface area contributed by atoms with Crippen LogP contribution < -0.4 is 4.90 Å². The molecule has 0 atom stereocenters. The minimum Gasteiger partial charge on any atom is -0.338 e. The summed E-state index contributed by atoms with van der Waals surface area (Å²) in [4.78, 5) is 9.59. The van der Waals surface area contributed by atoms with E-state index in [-0.39, 0.29) is 13.1 Å². The fraction of sp³-hybridized carbons (Fsp3) is 0.333. The SMILES string of the molecule is O=S(=O)(c1ccc(Cl)c(C(F)(F)F)c1)N1CCN(c2ncccn2)CC1. The molecule has 0 bridgehead atoms. The first-order valence-corrected chi connectivity index (χ1v) is 9.40. The Kier molecular flexibility index (Phi) is 5.09. The van der Waals surface area contributed by atoms with Crippen LogP contribution >= 0.6 is 11.6 Å². The molecule has 11 heteroatoms. The highest BCUT2D eigenvalue weighted by atomic mass is 35.5. The summed E-state index contributed by atoms with van der Waals surface area (Å²) in [5, 5.41) is -0.539. The zero-order valence-corrected chi connectivity index (χ0v) is 14.9. The Labute approximate surface area is 153 Å². The number of sulfonamides is 1. The van der Waals surface area contributed by atoms with E-state index in [1.807, 2.05) is 4.90 Å². The van der Waals surface area contributed by atoms with Gasteiger partial charge in [0.15, 0.2) is 0 Å². The van der Waals surface area contributed by atoms with Crippen LogP contribution in [0.3, 0.4) is 0 Å². The van der Waals surface area contributed by atoms with Gasteiger partial charge in [-0.1, -0.05) is 11.6 Å². The van der Waals surface area contributed by atoms with Crippen LogP contribution in [0.15, 0.2) is 41.6 Å². The van der Waals surface area contributed by atoms with Gasteiger partial charge in [0.25, 0.3) is 0 Å². The van der Waals surface area contributed by atoms with Crippen LogP contribution in [0, 0.1) is 0 Å². The molecule has 3 rings (SSSR count). The van der Waals surface area contributed by atoms with Crippen molar-refractivity contribution in [3.8, 4) is 0 Å². The second-order valence-corrected chi connectivity index (χ2v) is 7.92. The van der Waals surface area contributed by atoms with Crippen molar-refractivity contribution < 1.29 is 21.6 Å². The lowest BCUT2D eigenvalue weighted by molar-refractivity contribution is -0.137. The molecule has 140 valence electrons. The Balaban J connectivity index is 1.80. The molecule has 2 aromatic rings. The summed E-state index contributed by atoms with van der Waals surface area (Å²) in [5.41, 5.74) is -1.17. The quantitative estimate of drug-likeness (QED) is 0.784. The molecule has 6 nitrogen and oxygen atoms in total. The van der Waals surface area contributed by atoms with Crippen molar-refractivity contribution in [1.82, 2.24) is 14.3 Å². The predicted molar refractivity (Wildman–Crippen MR) is 89.5 cm³/mol. The minimum absolute atomic E-state index is 0.116. The van der Waals surface area contributed by atoms with Gasteiger partial charge in [-0.05, 0) is 24.3 Å². The Morgan fingerprint density at radius 1 is 1.04 bits per heavy atom. The summed E-state index contributed by atoms with van der Waals surface area (Å²) in [7, 11) is -4.06. The summed E-state index contributed by atoms with van der Waals surface area (Å²) < 4.78 is 65.5. The number of hydrogen-bond acceptors (Lipinski definition) is 5. The normalized spacial score (nSPS) is 16.7. The average Bonchev–Trinajstić information content (AvgIpc) is 2.62. The molecule has 26 heavy (non-hydrogen) atoms. The fourth-order valence-electron chi connectivity index (χ4n) is 2.61. The molecule has 1 aromatic carbocycles. The lowest BCUT2D eigenvalue weighted by atomic mass is 10.2. The fourth-order valence-corrected chi connectivity index (χ4v) is 4.29. The van der Waals surface area contributed by atoms with Crippen LogP contribution in [0.5, 0.6) is 0 Å². The lowest BCUT2D eigenvalue weighted by Gasteiger charge is -2.34. The summed E-state index contributed by atoms with van der Waals surface area (Å²) in [5.74, 6) is 0.482. The molecule has 0 unspecified atom stereocenters. The molecule has 0 saturated carbocycles. The second kappa shape index (κ2) is 7.01. The van der Waals surface area contributed by atoms with Crippen LogP contribution in [0.2, 0.25) is 5.02 Å². The number of aromatic nitrogens is 2. The topological polar surface area (TPSA) is 66.4 Å². The van der Waals surface area contributed by atoms with Gasteiger partial charge >= 0.3 is 6.18 Å². The smallest absolute Gasteiger partial charge is 0.338 e. The van der Waals surface area contributed by atoms with E-state index in [2.05, 4.69) is 9.97 Å². The first-order valence-electron chi connectivity index (χ1n) is 7.58. The van der Waals surface area contributed by atoms with Gasteiger partial charge in [0.1, 0.15) is 0 Å². The van der Waals surface area contributed by atoms with Crippen LogP contribution in [0.4, 0.5) is 19.1 Å². The predicted octanol–water partition coefficient (Wildman–Crippen LogP) is 2.66. The number of halogens is 4. The third-order valence-electron chi connectivity index (χ3n) is 3.95. The Morgan fingerprint density at radius 2 is 1.65 bits per heavy atom. The van der Waals surface area contributed by atoms with E-state index in [9.17, 15) is 21.6 Å². The summed E-state index contributed by atoms with van der Waals surface area (Å²) >= 11 is 5.55. The van der Waals surface area contributed by atoms with Crippen molar-refractivity contribution >= 4 is 27.6 Å². The van der Waals surface area contributed by atoms with Crippen molar-refractivity contribution in [3.05, 3.63) is 47.2 Å². The summed E-state index contributed by atoms with van der Waals surface area (Å²) in [6, 6.07) is 4.28. The molecule has 1 aliphatic heterocycles. The van der Waals surface area contributed by atoms with Gasteiger partial charge in [-0.3, -0.25) is 0 Å². The van der Waals surface area contributed by atoms with Crippen LogP contribution in [-0.4, -0.2) is 48.9 Å². The zero-order chi connectivity index (χ0) is 18.9. The Morgan fingerprint density at radius 3 is 2.23 bits per heavy atom. The minimum atomic E-state index is -4.73. The van der Waals surface area contributed by atoms with Crippen LogP contribution in [-0.2, 0) is 16.2 Å². The molecule has 0 N–H and O–H groups in total. The number of nitrogens with zero attached hydrogens (tertiary/aromatic N) is 4. The van der Waals surface area contributed by atoms with Crippen molar-refractivity contribution in [2.45, 2.75) is 11.1 Å². The molecular weight excluding hydrogens is 393 g/mol. The highest BCUT2D eigenvalue weighted by Crippen LogP contribution is 2.36. The maximum atomic E-state index is 13.0. The van der Waals surface area contributed by atoms with E-state index in [1.165, 1.54) is 0 Å². The third-order valence-corrected chi connectivity index (χ3v) is 6.18. The highest BCUT2D eigenvalue weighted by molar-refractivity contribution is 7.89. The van der Waals surface area contributed by atoms with E-state index in [1.54, 1.807) is 18.5 Å². The molecule has 2 heterocycles. The van der Waals surface area contributed by atoms with Gasteiger partial charge < -0.3 is 4.90 Å². The van der Waals surface area contributed by atoms with E-state index in [0.29, 0.717) is 25.1 Å². The molecule has 0 aliphatic carbocycles. The van der Waals surface area contributed by atoms with Crippen molar-refractivity contribution in [3.63, 3.8) is 0 Å². The first-order chi connectivity index (χ1) is 12.2. The Hall–Kier alpha value is -1.91. The van der Waals surface area contributed by atoms with E-state index in [4.69, 9.17) is 11.6 Å². The van der Waals surface area contributed by atoms with E-state index in [0.717, 1.165) is 16.4 Å². The summed E-state index contributed by atoms with van der Waals surface area (Å²) in [6.45, 7) is 0.904. The molecule has 1 aliphatic rings. The van der Waals surface area contributed by atoms with Gasteiger partial charge in [0.2, 0.25) is 16.0 Å². The van der Waals surface area contributed by atoms with Crippen LogP contribution in [0.25, 0.3) is 0 Å². The number of anilines is 1.